The Labute approximate surface area is 73.4 Å². The molecule has 0 aromatic heterocycles. The predicted octanol–water partition coefficient (Wildman–Crippen LogP) is 2.34. The van der Waals surface area contributed by atoms with E-state index < -0.39 is 0 Å². The summed E-state index contributed by atoms with van der Waals surface area (Å²) in [5.41, 5.74) is 1.28. The molecule has 12 heavy (non-hydrogen) atoms. The molecule has 0 spiro atoms. The highest BCUT2D eigenvalue weighted by molar-refractivity contribution is 5.22. The first-order valence-corrected chi connectivity index (χ1v) is 4.17. The minimum atomic E-state index is 0.122. The first kappa shape index (κ1) is 9.01. The summed E-state index contributed by atoms with van der Waals surface area (Å²) >= 11 is 0. The quantitative estimate of drug-likeness (QED) is 0.676. The van der Waals surface area contributed by atoms with E-state index in [2.05, 4.69) is 19.1 Å². The molecule has 0 aliphatic carbocycles. The van der Waals surface area contributed by atoms with Gasteiger partial charge in [0.15, 0.2) is 0 Å². The van der Waals surface area contributed by atoms with Gasteiger partial charge in [-0.25, -0.2) is 0 Å². The van der Waals surface area contributed by atoms with E-state index >= 15 is 0 Å². The molecule has 1 aromatic carbocycles. The van der Waals surface area contributed by atoms with Gasteiger partial charge in [-0.2, -0.15) is 0 Å². The van der Waals surface area contributed by atoms with Gasteiger partial charge in [-0.05, 0) is 11.5 Å². The maximum absolute atomic E-state index is 8.58. The highest BCUT2D eigenvalue weighted by Gasteiger charge is 1.97. The molecule has 1 unspecified atom stereocenters. The molecule has 1 N–H and O–H groups in total. The fourth-order valence-electron chi connectivity index (χ4n) is 1.13. The maximum Gasteiger partial charge on any atom is 0.0612 e. The van der Waals surface area contributed by atoms with Crippen LogP contribution in [0.2, 0.25) is 0 Å². The van der Waals surface area contributed by atoms with Crippen LogP contribution in [0.15, 0.2) is 42.5 Å². The number of hydrogen-bond donors (Lipinski definition) is 1. The largest absolute Gasteiger partial charge is 0.392 e. The van der Waals surface area contributed by atoms with Crippen molar-refractivity contribution in [3.8, 4) is 0 Å². The van der Waals surface area contributed by atoms with E-state index in [1.54, 1.807) is 6.08 Å². The standard InChI is InChI=1S/C11H14O/c1-10(6-5-9-12)11-7-3-2-4-8-11/h2-8,10,12H,9H2,1H3/b6-5+. The van der Waals surface area contributed by atoms with Crippen molar-refractivity contribution < 1.29 is 5.11 Å². The first-order chi connectivity index (χ1) is 5.84. The van der Waals surface area contributed by atoms with Crippen LogP contribution in [0.5, 0.6) is 0 Å². The van der Waals surface area contributed by atoms with Crippen LogP contribution >= 0.6 is 0 Å². The summed E-state index contributed by atoms with van der Waals surface area (Å²) in [6.45, 7) is 2.23. The van der Waals surface area contributed by atoms with Gasteiger partial charge in [-0.15, -0.1) is 0 Å². The zero-order valence-corrected chi connectivity index (χ0v) is 7.27. The van der Waals surface area contributed by atoms with Crippen molar-refractivity contribution in [1.82, 2.24) is 0 Å². The van der Waals surface area contributed by atoms with Gasteiger partial charge in [0.25, 0.3) is 0 Å². The number of benzene rings is 1. The van der Waals surface area contributed by atoms with Crippen LogP contribution in [0.1, 0.15) is 18.4 Å². The van der Waals surface area contributed by atoms with Crippen molar-refractivity contribution in [2.75, 3.05) is 6.61 Å². The van der Waals surface area contributed by atoms with Crippen LogP contribution in [0.4, 0.5) is 0 Å². The topological polar surface area (TPSA) is 20.2 Å². The number of hydrogen-bond acceptors (Lipinski definition) is 1. The van der Waals surface area contributed by atoms with Crippen molar-refractivity contribution in [2.24, 2.45) is 0 Å². The first-order valence-electron chi connectivity index (χ1n) is 4.17. The lowest BCUT2D eigenvalue weighted by Crippen LogP contribution is -1.88. The summed E-state index contributed by atoms with van der Waals surface area (Å²) in [7, 11) is 0. The van der Waals surface area contributed by atoms with E-state index in [-0.39, 0.29) is 6.61 Å². The van der Waals surface area contributed by atoms with Crippen molar-refractivity contribution in [1.29, 1.82) is 0 Å². The Bertz CT molecular complexity index is 238. The highest BCUT2D eigenvalue weighted by Crippen LogP contribution is 2.15. The SMILES string of the molecule is CC(/C=C/CO)c1ccccc1. The van der Waals surface area contributed by atoms with Crippen LogP contribution in [0.25, 0.3) is 0 Å². The second-order valence-corrected chi connectivity index (χ2v) is 2.81. The van der Waals surface area contributed by atoms with Gasteiger partial charge >= 0.3 is 0 Å². The number of aliphatic hydroxyl groups is 1. The van der Waals surface area contributed by atoms with E-state index in [9.17, 15) is 0 Å². The molecule has 0 saturated carbocycles. The number of aliphatic hydroxyl groups excluding tert-OH is 1. The average Bonchev–Trinajstić information content (AvgIpc) is 2.15. The summed E-state index contributed by atoms with van der Waals surface area (Å²) in [4.78, 5) is 0. The van der Waals surface area contributed by atoms with Crippen LogP contribution < -0.4 is 0 Å². The fraction of sp³-hybridized carbons (Fsp3) is 0.273. The zero-order chi connectivity index (χ0) is 8.81. The van der Waals surface area contributed by atoms with E-state index in [4.69, 9.17) is 5.11 Å². The van der Waals surface area contributed by atoms with Crippen LogP contribution in [0.3, 0.4) is 0 Å². The van der Waals surface area contributed by atoms with Gasteiger partial charge in [0, 0.05) is 0 Å². The lowest BCUT2D eigenvalue weighted by Gasteiger charge is -2.04. The van der Waals surface area contributed by atoms with Gasteiger partial charge < -0.3 is 5.11 Å². The third-order valence-electron chi connectivity index (χ3n) is 1.86. The van der Waals surface area contributed by atoms with E-state index in [0.29, 0.717) is 5.92 Å². The molecule has 64 valence electrons. The maximum atomic E-state index is 8.58. The number of allylic oxidation sites excluding steroid dienone is 1. The Hall–Kier alpha value is -1.08. The lowest BCUT2D eigenvalue weighted by atomic mass is 10.0. The Kier molecular flexibility index (Phi) is 3.55. The molecule has 1 heteroatoms. The Balaban J connectivity index is 2.65. The van der Waals surface area contributed by atoms with E-state index in [0.717, 1.165) is 0 Å². The zero-order valence-electron chi connectivity index (χ0n) is 7.27. The highest BCUT2D eigenvalue weighted by atomic mass is 16.2. The Morgan fingerprint density at radius 2 is 2.00 bits per heavy atom. The molecular weight excluding hydrogens is 148 g/mol. The predicted molar refractivity (Wildman–Crippen MR) is 51.1 cm³/mol. The minimum Gasteiger partial charge on any atom is -0.392 e. The smallest absolute Gasteiger partial charge is 0.0612 e. The average molecular weight is 162 g/mol. The van der Waals surface area contributed by atoms with Gasteiger partial charge in [0.05, 0.1) is 6.61 Å². The normalized spacial score (nSPS) is 13.5. The molecule has 0 bridgehead atoms. The van der Waals surface area contributed by atoms with Crippen molar-refractivity contribution in [2.45, 2.75) is 12.8 Å². The molecule has 0 radical (unpaired) electrons. The summed E-state index contributed by atoms with van der Waals surface area (Å²) in [5, 5.41) is 8.58. The van der Waals surface area contributed by atoms with Gasteiger partial charge in [-0.1, -0.05) is 49.4 Å². The van der Waals surface area contributed by atoms with E-state index in [1.807, 2.05) is 24.3 Å². The summed E-state index contributed by atoms with van der Waals surface area (Å²) in [5.74, 6) is 0.387. The molecule has 1 nitrogen and oxygen atoms in total. The molecule has 0 fully saturated rings. The lowest BCUT2D eigenvalue weighted by molar-refractivity contribution is 0.342. The molecule has 0 saturated heterocycles. The molecule has 1 rings (SSSR count). The minimum absolute atomic E-state index is 0.122. The van der Waals surface area contributed by atoms with Crippen molar-refractivity contribution in [3.63, 3.8) is 0 Å². The van der Waals surface area contributed by atoms with Gasteiger partial charge in [-0.3, -0.25) is 0 Å². The summed E-state index contributed by atoms with van der Waals surface area (Å²) < 4.78 is 0. The Morgan fingerprint density at radius 1 is 1.33 bits per heavy atom. The fourth-order valence-corrected chi connectivity index (χ4v) is 1.13. The molecule has 1 aromatic rings. The second kappa shape index (κ2) is 4.73. The molecule has 0 amide bonds. The third kappa shape index (κ3) is 2.51. The van der Waals surface area contributed by atoms with Crippen LogP contribution in [-0.2, 0) is 0 Å². The molecule has 0 heterocycles. The van der Waals surface area contributed by atoms with Crippen LogP contribution in [-0.4, -0.2) is 11.7 Å². The molecule has 0 aliphatic rings. The van der Waals surface area contributed by atoms with Crippen LogP contribution in [0, 0.1) is 0 Å². The summed E-state index contributed by atoms with van der Waals surface area (Å²) in [6, 6.07) is 10.2. The van der Waals surface area contributed by atoms with Gasteiger partial charge in [0.1, 0.15) is 0 Å². The molecule has 0 aliphatic heterocycles. The van der Waals surface area contributed by atoms with Gasteiger partial charge in [0.2, 0.25) is 0 Å². The molecular formula is C11H14O. The summed E-state index contributed by atoms with van der Waals surface area (Å²) in [6.07, 6.45) is 3.78. The van der Waals surface area contributed by atoms with E-state index in [1.165, 1.54) is 5.56 Å². The second-order valence-electron chi connectivity index (χ2n) is 2.81. The third-order valence-corrected chi connectivity index (χ3v) is 1.86. The number of rotatable bonds is 3. The monoisotopic (exact) mass is 162 g/mol. The van der Waals surface area contributed by atoms with Crippen molar-refractivity contribution >= 4 is 0 Å². The molecule has 1 atom stereocenters. The van der Waals surface area contributed by atoms with Crippen molar-refractivity contribution in [3.05, 3.63) is 48.0 Å². The Morgan fingerprint density at radius 3 is 2.58 bits per heavy atom.